The molecule has 7 nitrogen and oxygen atoms in total. The lowest BCUT2D eigenvalue weighted by molar-refractivity contribution is -0.384. The molecule has 0 radical (unpaired) electrons. The molecule has 0 aliphatic carbocycles. The Kier molecular flexibility index (Phi) is 5.28. The van der Waals surface area contributed by atoms with Crippen molar-refractivity contribution in [3.8, 4) is 40.0 Å². The fourth-order valence-corrected chi connectivity index (χ4v) is 3.16. The van der Waals surface area contributed by atoms with E-state index in [1.807, 2.05) is 54.6 Å². The lowest BCUT2D eigenvalue weighted by Crippen LogP contribution is -2.00. The minimum Gasteiger partial charge on any atom is -0.457 e. The van der Waals surface area contributed by atoms with Gasteiger partial charge < -0.3 is 10.5 Å². The number of pyridine rings is 1. The molecule has 1 heterocycles. The van der Waals surface area contributed by atoms with Crippen LogP contribution in [0.3, 0.4) is 0 Å². The first kappa shape index (κ1) is 19.6. The van der Waals surface area contributed by atoms with Crippen molar-refractivity contribution in [3.05, 3.63) is 101 Å². The second-order valence-corrected chi connectivity index (χ2v) is 6.67. The highest BCUT2D eigenvalue weighted by Gasteiger charge is 2.15. The first-order chi connectivity index (χ1) is 15.0. The van der Waals surface area contributed by atoms with Gasteiger partial charge in [-0.25, -0.2) is 4.98 Å². The number of non-ortho nitro benzene ring substituents is 1. The molecule has 0 fully saturated rings. The molecular weight excluding hydrogens is 392 g/mol. The van der Waals surface area contributed by atoms with E-state index in [1.54, 1.807) is 18.2 Å². The Bertz CT molecular complexity index is 1300. The van der Waals surface area contributed by atoms with Gasteiger partial charge in [-0.1, -0.05) is 30.3 Å². The van der Waals surface area contributed by atoms with Gasteiger partial charge >= 0.3 is 0 Å². The van der Waals surface area contributed by atoms with Gasteiger partial charge in [-0.3, -0.25) is 10.1 Å². The lowest BCUT2D eigenvalue weighted by Gasteiger charge is -2.12. The predicted octanol–water partition coefficient (Wildman–Crippen LogP) is 5.57. The number of nitro benzene ring substituents is 1. The molecule has 1 aromatic heterocycles. The molecule has 2 N–H and O–H groups in total. The summed E-state index contributed by atoms with van der Waals surface area (Å²) in [6.45, 7) is 0. The largest absolute Gasteiger partial charge is 0.457 e. The molecular formula is C24H16N4O3. The Morgan fingerprint density at radius 2 is 1.61 bits per heavy atom. The summed E-state index contributed by atoms with van der Waals surface area (Å²) < 4.78 is 5.90. The number of nitrogens with zero attached hydrogens (tertiary/aromatic N) is 3. The number of nitriles is 1. The quantitative estimate of drug-likeness (QED) is 0.341. The smallest absolute Gasteiger partial charge is 0.269 e. The van der Waals surface area contributed by atoms with Crippen LogP contribution in [0.15, 0.2) is 84.9 Å². The zero-order valence-electron chi connectivity index (χ0n) is 16.2. The monoisotopic (exact) mass is 408 g/mol. The maximum Gasteiger partial charge on any atom is 0.269 e. The van der Waals surface area contributed by atoms with E-state index in [9.17, 15) is 15.4 Å². The third kappa shape index (κ3) is 4.18. The minimum absolute atomic E-state index is 0.0173. The third-order valence-electron chi connectivity index (χ3n) is 4.66. The molecule has 3 aromatic carbocycles. The van der Waals surface area contributed by atoms with Crippen LogP contribution in [0.2, 0.25) is 0 Å². The second kappa shape index (κ2) is 8.35. The van der Waals surface area contributed by atoms with E-state index in [-0.39, 0.29) is 17.1 Å². The molecule has 0 spiro atoms. The van der Waals surface area contributed by atoms with Crippen molar-refractivity contribution in [2.24, 2.45) is 0 Å². The van der Waals surface area contributed by atoms with E-state index in [1.165, 1.54) is 12.1 Å². The van der Waals surface area contributed by atoms with Gasteiger partial charge in [-0.05, 0) is 48.0 Å². The van der Waals surface area contributed by atoms with E-state index in [4.69, 9.17) is 10.5 Å². The lowest BCUT2D eigenvalue weighted by atomic mass is 9.98. The topological polar surface area (TPSA) is 115 Å². The van der Waals surface area contributed by atoms with Crippen molar-refractivity contribution >= 4 is 11.5 Å². The predicted molar refractivity (Wildman–Crippen MR) is 117 cm³/mol. The first-order valence-corrected chi connectivity index (χ1v) is 9.34. The van der Waals surface area contributed by atoms with Crippen molar-refractivity contribution < 1.29 is 9.66 Å². The van der Waals surface area contributed by atoms with Crippen LogP contribution >= 0.6 is 0 Å². The number of aromatic nitrogens is 1. The van der Waals surface area contributed by atoms with Crippen molar-refractivity contribution in [2.75, 3.05) is 5.73 Å². The summed E-state index contributed by atoms with van der Waals surface area (Å²) in [5.74, 6) is 1.39. The number of hydrogen-bond donors (Lipinski definition) is 1. The van der Waals surface area contributed by atoms with Crippen molar-refractivity contribution in [1.82, 2.24) is 4.98 Å². The molecule has 0 bridgehead atoms. The molecule has 0 saturated heterocycles. The Morgan fingerprint density at radius 3 is 2.29 bits per heavy atom. The Labute approximate surface area is 178 Å². The molecule has 0 unspecified atom stereocenters. The van der Waals surface area contributed by atoms with Gasteiger partial charge in [0.25, 0.3) is 5.69 Å². The number of benzene rings is 3. The molecule has 4 rings (SSSR count). The SMILES string of the molecule is N#Cc1c(-c2cccc(Oc3ccccc3)c2)cc(-c2ccc([N+](=O)[O-])cc2)nc1N. The summed E-state index contributed by atoms with van der Waals surface area (Å²) in [6.07, 6.45) is 0. The van der Waals surface area contributed by atoms with Crippen LogP contribution in [0.4, 0.5) is 11.5 Å². The number of nitrogens with two attached hydrogens (primary N) is 1. The average Bonchev–Trinajstić information content (AvgIpc) is 2.79. The van der Waals surface area contributed by atoms with E-state index in [2.05, 4.69) is 11.1 Å². The van der Waals surface area contributed by atoms with Crippen molar-refractivity contribution in [3.63, 3.8) is 0 Å². The Morgan fingerprint density at radius 1 is 0.903 bits per heavy atom. The molecule has 31 heavy (non-hydrogen) atoms. The van der Waals surface area contributed by atoms with E-state index >= 15 is 0 Å². The summed E-state index contributed by atoms with van der Waals surface area (Å²) in [7, 11) is 0. The van der Waals surface area contributed by atoms with Crippen LogP contribution < -0.4 is 10.5 Å². The summed E-state index contributed by atoms with van der Waals surface area (Å²) in [5.41, 5.74) is 8.81. The number of nitrogen functional groups attached to an aromatic ring is 1. The van der Waals surface area contributed by atoms with Crippen LogP contribution in [0.25, 0.3) is 22.4 Å². The minimum atomic E-state index is -0.464. The molecule has 0 atom stereocenters. The molecule has 7 heteroatoms. The van der Waals surface area contributed by atoms with Gasteiger partial charge in [0.05, 0.1) is 10.6 Å². The number of anilines is 1. The normalized spacial score (nSPS) is 10.3. The molecule has 0 aliphatic heterocycles. The summed E-state index contributed by atoms with van der Waals surface area (Å²) in [4.78, 5) is 14.8. The molecule has 0 saturated carbocycles. The molecule has 4 aromatic rings. The highest BCUT2D eigenvalue weighted by atomic mass is 16.6. The van der Waals surface area contributed by atoms with Gasteiger partial charge in [0.2, 0.25) is 0 Å². The Balaban J connectivity index is 1.76. The summed E-state index contributed by atoms with van der Waals surface area (Å²) in [6, 6.07) is 26.6. The molecule has 150 valence electrons. The molecule has 0 aliphatic rings. The van der Waals surface area contributed by atoms with Crippen LogP contribution in [0, 0.1) is 21.4 Å². The van der Waals surface area contributed by atoms with E-state index in [0.29, 0.717) is 28.3 Å². The van der Waals surface area contributed by atoms with Crippen LogP contribution in [-0.4, -0.2) is 9.91 Å². The van der Waals surface area contributed by atoms with Gasteiger partial charge in [-0.15, -0.1) is 0 Å². The summed E-state index contributed by atoms with van der Waals surface area (Å²) in [5, 5.41) is 20.6. The van der Waals surface area contributed by atoms with Gasteiger partial charge in [0.1, 0.15) is 28.9 Å². The van der Waals surface area contributed by atoms with Crippen molar-refractivity contribution in [2.45, 2.75) is 0 Å². The number of ether oxygens (including phenoxy) is 1. The van der Waals surface area contributed by atoms with Gasteiger partial charge in [-0.2, -0.15) is 5.26 Å². The number of hydrogen-bond acceptors (Lipinski definition) is 6. The van der Waals surface area contributed by atoms with E-state index < -0.39 is 4.92 Å². The highest BCUT2D eigenvalue weighted by molar-refractivity contribution is 5.80. The standard InChI is InChI=1S/C24H16N4O3/c25-15-22-21(17-5-4-8-20(13-17)31-19-6-2-1-3-7-19)14-23(27-24(22)26)16-9-11-18(12-10-16)28(29)30/h1-14H,(H2,26,27). The fourth-order valence-electron chi connectivity index (χ4n) is 3.16. The summed E-state index contributed by atoms with van der Waals surface area (Å²) >= 11 is 0. The zero-order chi connectivity index (χ0) is 21.8. The average molecular weight is 408 g/mol. The number of rotatable bonds is 5. The van der Waals surface area contributed by atoms with Gasteiger partial charge in [0, 0.05) is 23.3 Å². The first-order valence-electron chi connectivity index (χ1n) is 9.34. The van der Waals surface area contributed by atoms with Gasteiger partial charge in [0.15, 0.2) is 0 Å². The second-order valence-electron chi connectivity index (χ2n) is 6.67. The van der Waals surface area contributed by atoms with Crippen molar-refractivity contribution in [1.29, 1.82) is 5.26 Å². The molecule has 0 amide bonds. The van der Waals surface area contributed by atoms with E-state index in [0.717, 1.165) is 5.56 Å². The van der Waals surface area contributed by atoms with Crippen LogP contribution in [0.1, 0.15) is 5.56 Å². The van der Waals surface area contributed by atoms with Crippen LogP contribution in [0.5, 0.6) is 11.5 Å². The number of nitro groups is 1. The maximum absolute atomic E-state index is 10.9. The third-order valence-corrected chi connectivity index (χ3v) is 4.66. The maximum atomic E-state index is 10.9. The number of para-hydroxylation sites is 1. The zero-order valence-corrected chi connectivity index (χ0v) is 16.2. The van der Waals surface area contributed by atoms with Crippen LogP contribution in [-0.2, 0) is 0 Å². The Hall–Kier alpha value is -4.70. The fraction of sp³-hybridized carbons (Fsp3) is 0. The highest BCUT2D eigenvalue weighted by Crippen LogP contribution is 2.34.